The van der Waals surface area contributed by atoms with E-state index < -0.39 is 0 Å². The first-order valence-electron chi connectivity index (χ1n) is 11.4. The molecule has 2 aliphatic heterocycles. The molecule has 0 saturated carbocycles. The van der Waals surface area contributed by atoms with Gasteiger partial charge in [-0.3, -0.25) is 9.79 Å². The number of primary amides is 1. The first-order chi connectivity index (χ1) is 15.7. The summed E-state index contributed by atoms with van der Waals surface area (Å²) in [5.41, 5.74) is 7.94. The largest absolute Gasteiger partial charge is 0.369 e. The topological polar surface area (TPSA) is 90.1 Å². The lowest BCUT2D eigenvalue weighted by molar-refractivity contribution is -0.122. The monoisotopic (exact) mass is 563 g/mol. The van der Waals surface area contributed by atoms with E-state index in [0.29, 0.717) is 13.1 Å². The molecule has 1 unspecified atom stereocenters. The maximum Gasteiger partial charge on any atom is 0.222 e. The van der Waals surface area contributed by atoms with Gasteiger partial charge < -0.3 is 25.8 Å². The average molecular weight is 563 g/mol. The van der Waals surface area contributed by atoms with Crippen molar-refractivity contribution in [2.45, 2.75) is 19.4 Å². The molecule has 4 rings (SSSR count). The van der Waals surface area contributed by atoms with E-state index in [0.717, 1.165) is 62.9 Å². The van der Waals surface area contributed by atoms with Crippen molar-refractivity contribution in [3.8, 4) is 0 Å². The highest BCUT2D eigenvalue weighted by Gasteiger charge is 2.26. The van der Waals surface area contributed by atoms with Gasteiger partial charge in [-0.05, 0) is 31.0 Å². The van der Waals surface area contributed by atoms with Crippen molar-refractivity contribution in [1.82, 2.24) is 15.2 Å². The zero-order valence-corrected chi connectivity index (χ0v) is 21.5. The Kier molecular flexibility index (Phi) is 9.16. The third-order valence-corrected chi connectivity index (χ3v) is 6.34. The predicted molar refractivity (Wildman–Crippen MR) is 144 cm³/mol. The molecule has 2 saturated heterocycles. The number of halogens is 1. The number of nitrogens with two attached hydrogens (primary N) is 1. The van der Waals surface area contributed by atoms with Gasteiger partial charge in [0, 0.05) is 70.3 Å². The summed E-state index contributed by atoms with van der Waals surface area (Å²) in [6, 6.07) is 14.6. The van der Waals surface area contributed by atoms with Crippen molar-refractivity contribution < 1.29 is 4.79 Å². The fourth-order valence-corrected chi connectivity index (χ4v) is 4.58. The Labute approximate surface area is 213 Å². The number of hydrogen-bond donors (Lipinski definition) is 2. The van der Waals surface area contributed by atoms with Crippen LogP contribution in [-0.4, -0.2) is 68.1 Å². The summed E-state index contributed by atoms with van der Waals surface area (Å²) in [7, 11) is 1.83. The van der Waals surface area contributed by atoms with E-state index in [1.54, 1.807) is 0 Å². The van der Waals surface area contributed by atoms with Crippen LogP contribution in [0, 0.1) is 5.92 Å². The second-order valence-corrected chi connectivity index (χ2v) is 8.38. The van der Waals surface area contributed by atoms with Crippen LogP contribution in [0.1, 0.15) is 18.4 Å². The minimum Gasteiger partial charge on any atom is -0.369 e. The summed E-state index contributed by atoms with van der Waals surface area (Å²) in [4.78, 5) is 27.8. The Morgan fingerprint density at radius 1 is 1.09 bits per heavy atom. The van der Waals surface area contributed by atoms with Crippen molar-refractivity contribution in [2.75, 3.05) is 56.1 Å². The SMILES string of the molecule is CN=C(NCc1cccnc1N1CCCC(C(N)=O)C1)N1CCN(c2ccccc2)CC1.I. The zero-order valence-electron chi connectivity index (χ0n) is 19.2. The fourth-order valence-electron chi connectivity index (χ4n) is 4.58. The normalized spacial score (nSPS) is 19.1. The fraction of sp³-hybridized carbons (Fsp3) is 0.458. The number of guanidine groups is 1. The molecule has 1 amide bonds. The van der Waals surface area contributed by atoms with Crippen LogP contribution in [0.3, 0.4) is 0 Å². The Morgan fingerprint density at radius 3 is 2.55 bits per heavy atom. The highest BCUT2D eigenvalue weighted by atomic mass is 127. The number of pyridine rings is 1. The van der Waals surface area contributed by atoms with E-state index in [1.807, 2.05) is 19.3 Å². The number of amides is 1. The van der Waals surface area contributed by atoms with Gasteiger partial charge in [-0.25, -0.2) is 4.98 Å². The van der Waals surface area contributed by atoms with E-state index in [9.17, 15) is 4.79 Å². The number of rotatable bonds is 5. The number of piperazine rings is 1. The standard InChI is InChI=1S/C24H33N7O.HI/c1-26-24(30-15-13-29(14-16-30)21-9-3-2-4-10-21)28-17-19-7-5-11-27-23(19)31-12-6-8-20(18-31)22(25)32;/h2-5,7,9-11,20H,6,8,12-18H2,1H3,(H2,25,32)(H,26,28);1H. The van der Waals surface area contributed by atoms with Crippen LogP contribution in [0.2, 0.25) is 0 Å². The van der Waals surface area contributed by atoms with Crippen LogP contribution < -0.4 is 20.9 Å². The summed E-state index contributed by atoms with van der Waals surface area (Å²) >= 11 is 0. The van der Waals surface area contributed by atoms with Gasteiger partial charge >= 0.3 is 0 Å². The van der Waals surface area contributed by atoms with Crippen LogP contribution in [-0.2, 0) is 11.3 Å². The summed E-state index contributed by atoms with van der Waals surface area (Å²) in [6.07, 6.45) is 3.61. The molecule has 0 aliphatic carbocycles. The van der Waals surface area contributed by atoms with Gasteiger partial charge in [-0.1, -0.05) is 24.3 Å². The second-order valence-electron chi connectivity index (χ2n) is 8.38. The lowest BCUT2D eigenvalue weighted by Crippen LogP contribution is -2.52. The minimum absolute atomic E-state index is 0. The van der Waals surface area contributed by atoms with Crippen molar-refractivity contribution in [3.05, 3.63) is 54.2 Å². The van der Waals surface area contributed by atoms with Gasteiger partial charge in [-0.15, -0.1) is 24.0 Å². The maximum atomic E-state index is 11.7. The maximum absolute atomic E-state index is 11.7. The molecule has 1 aromatic heterocycles. The number of nitrogens with one attached hydrogen (secondary N) is 1. The number of anilines is 2. The summed E-state index contributed by atoms with van der Waals surface area (Å²) in [6.45, 7) is 5.92. The molecule has 2 aromatic rings. The molecule has 2 aliphatic rings. The molecule has 3 heterocycles. The van der Waals surface area contributed by atoms with E-state index >= 15 is 0 Å². The van der Waals surface area contributed by atoms with E-state index in [-0.39, 0.29) is 35.8 Å². The molecule has 0 bridgehead atoms. The van der Waals surface area contributed by atoms with Crippen LogP contribution in [0.4, 0.5) is 11.5 Å². The molecular weight excluding hydrogens is 529 g/mol. The summed E-state index contributed by atoms with van der Waals surface area (Å²) < 4.78 is 0. The number of aliphatic imine (C=N–C) groups is 1. The van der Waals surface area contributed by atoms with Crippen LogP contribution in [0.25, 0.3) is 0 Å². The average Bonchev–Trinajstić information content (AvgIpc) is 2.85. The molecule has 178 valence electrons. The van der Waals surface area contributed by atoms with Crippen LogP contribution in [0.5, 0.6) is 0 Å². The third-order valence-electron chi connectivity index (χ3n) is 6.34. The van der Waals surface area contributed by atoms with Gasteiger partial charge in [0.25, 0.3) is 0 Å². The molecule has 8 nitrogen and oxygen atoms in total. The summed E-state index contributed by atoms with van der Waals surface area (Å²) in [5.74, 6) is 1.50. The van der Waals surface area contributed by atoms with Crippen LogP contribution >= 0.6 is 24.0 Å². The molecule has 9 heteroatoms. The number of aromatic nitrogens is 1. The highest BCUT2D eigenvalue weighted by molar-refractivity contribution is 14.0. The number of benzene rings is 1. The summed E-state index contributed by atoms with van der Waals surface area (Å²) in [5, 5.41) is 3.52. The van der Waals surface area contributed by atoms with E-state index in [2.05, 4.69) is 66.4 Å². The number of carbonyl (C=O) groups excluding carboxylic acids is 1. The van der Waals surface area contributed by atoms with Gasteiger partial charge in [0.1, 0.15) is 5.82 Å². The number of carbonyl (C=O) groups is 1. The Balaban J connectivity index is 0.00000306. The molecule has 2 fully saturated rings. The molecule has 0 spiro atoms. The van der Waals surface area contributed by atoms with E-state index in [1.165, 1.54) is 5.69 Å². The lowest BCUT2D eigenvalue weighted by atomic mass is 9.97. The van der Waals surface area contributed by atoms with Crippen molar-refractivity contribution in [3.63, 3.8) is 0 Å². The Hall–Kier alpha value is -2.56. The second kappa shape index (κ2) is 12.1. The molecule has 1 aromatic carbocycles. The molecular formula is C24H34IN7O. The lowest BCUT2D eigenvalue weighted by Gasteiger charge is -2.38. The molecule has 1 atom stereocenters. The van der Waals surface area contributed by atoms with Gasteiger partial charge in [0.15, 0.2) is 5.96 Å². The van der Waals surface area contributed by atoms with Crippen molar-refractivity contribution in [1.29, 1.82) is 0 Å². The number of nitrogens with zero attached hydrogens (tertiary/aromatic N) is 5. The molecule has 33 heavy (non-hydrogen) atoms. The van der Waals surface area contributed by atoms with E-state index in [4.69, 9.17) is 5.73 Å². The number of piperidine rings is 1. The number of hydrogen-bond acceptors (Lipinski definition) is 5. The van der Waals surface area contributed by atoms with Crippen molar-refractivity contribution >= 4 is 47.3 Å². The number of para-hydroxylation sites is 1. The zero-order chi connectivity index (χ0) is 22.3. The minimum atomic E-state index is -0.222. The first-order valence-corrected chi connectivity index (χ1v) is 11.4. The Bertz CT molecular complexity index is 931. The van der Waals surface area contributed by atoms with Gasteiger partial charge in [0.2, 0.25) is 5.91 Å². The quantitative estimate of drug-likeness (QED) is 0.330. The third kappa shape index (κ3) is 6.27. The molecule has 0 radical (unpaired) electrons. The Morgan fingerprint density at radius 2 is 1.85 bits per heavy atom. The smallest absolute Gasteiger partial charge is 0.222 e. The van der Waals surface area contributed by atoms with Crippen molar-refractivity contribution in [2.24, 2.45) is 16.6 Å². The van der Waals surface area contributed by atoms with Crippen LogP contribution in [0.15, 0.2) is 53.7 Å². The van der Waals surface area contributed by atoms with Gasteiger partial charge in [0.05, 0.1) is 5.92 Å². The molecule has 3 N–H and O–H groups in total. The van der Waals surface area contributed by atoms with Gasteiger partial charge in [-0.2, -0.15) is 0 Å². The predicted octanol–water partition coefficient (Wildman–Crippen LogP) is 2.30. The highest BCUT2D eigenvalue weighted by Crippen LogP contribution is 2.24. The first kappa shape index (κ1) is 25.1.